The number of unbranched alkanes of at least 4 members (excludes halogenated alkanes) is 10. The molecule has 0 atom stereocenters. The lowest BCUT2D eigenvalue weighted by Crippen LogP contribution is -2.15. The second-order valence-corrected chi connectivity index (χ2v) is 9.47. The molecule has 1 aliphatic rings. The number of hydrogen-bond donors (Lipinski definition) is 0. The standard InChI is InChI=1S/C24H38O4.C6H12.H2O/c1-3-5-7-9-11-15-19-27-23(25)21-17-13-14-18-22(21)24(26)28-20-16-12-10-8-6-4-2;1-2-4-6-5-3-1;/h13-14,17-18H,3-12,15-16,19-20H2,1-2H3;1-6H2;1H2. The van der Waals surface area contributed by atoms with Gasteiger partial charge in [-0.15, -0.1) is 0 Å². The summed E-state index contributed by atoms with van der Waals surface area (Å²) in [4.78, 5) is 24.7. The minimum absolute atomic E-state index is 0. The second kappa shape index (κ2) is 23.8. The molecular formula is C30H52O5. The van der Waals surface area contributed by atoms with Crippen LogP contribution in [-0.4, -0.2) is 30.6 Å². The molecule has 0 saturated heterocycles. The van der Waals surface area contributed by atoms with Crippen molar-refractivity contribution >= 4 is 11.9 Å². The highest BCUT2D eigenvalue weighted by atomic mass is 16.5. The van der Waals surface area contributed by atoms with Gasteiger partial charge in [-0.3, -0.25) is 0 Å². The van der Waals surface area contributed by atoms with Crippen LogP contribution in [0.2, 0.25) is 0 Å². The minimum atomic E-state index is -0.444. The van der Waals surface area contributed by atoms with Gasteiger partial charge in [0.15, 0.2) is 0 Å². The van der Waals surface area contributed by atoms with E-state index >= 15 is 0 Å². The maximum Gasteiger partial charge on any atom is 0.339 e. The third kappa shape index (κ3) is 17.2. The van der Waals surface area contributed by atoms with Gasteiger partial charge in [0.05, 0.1) is 24.3 Å². The van der Waals surface area contributed by atoms with Crippen molar-refractivity contribution in [1.29, 1.82) is 0 Å². The van der Waals surface area contributed by atoms with Crippen LogP contribution in [0.25, 0.3) is 0 Å². The molecule has 5 heteroatoms. The third-order valence-corrected chi connectivity index (χ3v) is 6.33. The van der Waals surface area contributed by atoms with Crippen molar-refractivity contribution in [3.05, 3.63) is 35.4 Å². The highest BCUT2D eigenvalue weighted by molar-refractivity contribution is 6.03. The Bertz CT molecular complexity index is 579. The molecule has 1 saturated carbocycles. The Morgan fingerprint density at radius 3 is 1.23 bits per heavy atom. The highest BCUT2D eigenvalue weighted by Gasteiger charge is 2.18. The molecule has 0 unspecified atom stereocenters. The van der Waals surface area contributed by atoms with Crippen molar-refractivity contribution in [3.63, 3.8) is 0 Å². The molecular weight excluding hydrogens is 440 g/mol. The van der Waals surface area contributed by atoms with Gasteiger partial charge in [-0.2, -0.15) is 0 Å². The van der Waals surface area contributed by atoms with E-state index in [1.807, 2.05) is 0 Å². The SMILES string of the molecule is C1CCCCC1.CCCCCCCCOC(=O)c1ccccc1C(=O)OCCCCCCCC.O. The largest absolute Gasteiger partial charge is 0.462 e. The molecule has 0 aromatic heterocycles. The molecule has 202 valence electrons. The summed E-state index contributed by atoms with van der Waals surface area (Å²) in [5, 5.41) is 0. The van der Waals surface area contributed by atoms with Gasteiger partial charge in [0.1, 0.15) is 0 Å². The second-order valence-electron chi connectivity index (χ2n) is 9.47. The molecule has 1 fully saturated rings. The quantitative estimate of drug-likeness (QED) is 0.172. The average Bonchev–Trinajstić information content (AvgIpc) is 2.88. The zero-order valence-corrected chi connectivity index (χ0v) is 22.6. The fourth-order valence-electron chi connectivity index (χ4n) is 4.15. The molecule has 0 aliphatic heterocycles. The van der Waals surface area contributed by atoms with Crippen LogP contribution in [0.5, 0.6) is 0 Å². The van der Waals surface area contributed by atoms with E-state index in [1.165, 1.54) is 89.9 Å². The Labute approximate surface area is 214 Å². The number of hydrogen-bond acceptors (Lipinski definition) is 4. The van der Waals surface area contributed by atoms with E-state index in [9.17, 15) is 9.59 Å². The average molecular weight is 493 g/mol. The maximum absolute atomic E-state index is 12.4. The first-order valence-corrected chi connectivity index (χ1v) is 14.1. The molecule has 1 aromatic rings. The lowest BCUT2D eigenvalue weighted by molar-refractivity contribution is 0.0450. The van der Waals surface area contributed by atoms with Crippen molar-refractivity contribution in [3.8, 4) is 0 Å². The zero-order chi connectivity index (χ0) is 24.7. The van der Waals surface area contributed by atoms with E-state index < -0.39 is 11.9 Å². The molecule has 0 bridgehead atoms. The number of rotatable bonds is 16. The highest BCUT2D eigenvalue weighted by Crippen LogP contribution is 2.15. The Morgan fingerprint density at radius 1 is 0.571 bits per heavy atom. The summed E-state index contributed by atoms with van der Waals surface area (Å²) >= 11 is 0. The Morgan fingerprint density at radius 2 is 0.886 bits per heavy atom. The van der Waals surface area contributed by atoms with Crippen LogP contribution in [0.4, 0.5) is 0 Å². The topological polar surface area (TPSA) is 84.1 Å². The normalized spacial score (nSPS) is 12.6. The van der Waals surface area contributed by atoms with E-state index in [2.05, 4.69) is 13.8 Å². The predicted octanol–water partition coefficient (Wildman–Crippen LogP) is 8.24. The molecule has 2 N–H and O–H groups in total. The summed E-state index contributed by atoms with van der Waals surface area (Å²) in [6, 6.07) is 6.74. The minimum Gasteiger partial charge on any atom is -0.462 e. The molecule has 5 nitrogen and oxygen atoms in total. The summed E-state index contributed by atoms with van der Waals surface area (Å²) in [7, 11) is 0. The first-order chi connectivity index (χ1) is 16.7. The van der Waals surface area contributed by atoms with Gasteiger partial charge >= 0.3 is 11.9 Å². The third-order valence-electron chi connectivity index (χ3n) is 6.33. The summed E-state index contributed by atoms with van der Waals surface area (Å²) in [6.45, 7) is 5.17. The summed E-state index contributed by atoms with van der Waals surface area (Å²) < 4.78 is 10.7. The first-order valence-electron chi connectivity index (χ1n) is 14.1. The van der Waals surface area contributed by atoms with Crippen LogP contribution in [0.15, 0.2) is 24.3 Å². The number of carbonyl (C=O) groups excluding carboxylic acids is 2. The van der Waals surface area contributed by atoms with Gasteiger partial charge in [-0.05, 0) is 25.0 Å². The number of carbonyl (C=O) groups is 2. The molecule has 0 spiro atoms. The monoisotopic (exact) mass is 492 g/mol. The van der Waals surface area contributed by atoms with Crippen LogP contribution in [-0.2, 0) is 9.47 Å². The molecule has 0 amide bonds. The van der Waals surface area contributed by atoms with Crippen molar-refractivity contribution in [2.24, 2.45) is 0 Å². The van der Waals surface area contributed by atoms with Crippen LogP contribution < -0.4 is 0 Å². The smallest absolute Gasteiger partial charge is 0.339 e. The lowest BCUT2D eigenvalue weighted by Gasteiger charge is -2.10. The van der Waals surface area contributed by atoms with Gasteiger partial charge in [-0.1, -0.05) is 129 Å². The van der Waals surface area contributed by atoms with E-state index in [0.717, 1.165) is 25.7 Å². The molecule has 1 aromatic carbocycles. The number of esters is 2. The molecule has 0 heterocycles. The number of benzene rings is 1. The van der Waals surface area contributed by atoms with Crippen LogP contribution >= 0.6 is 0 Å². The Balaban J connectivity index is 0.00000143. The lowest BCUT2D eigenvalue weighted by atomic mass is 10.0. The number of ether oxygens (including phenoxy) is 2. The fraction of sp³-hybridized carbons (Fsp3) is 0.733. The van der Waals surface area contributed by atoms with E-state index in [0.29, 0.717) is 24.3 Å². The Hall–Kier alpha value is -1.88. The molecule has 2 rings (SSSR count). The van der Waals surface area contributed by atoms with Crippen molar-refractivity contribution in [1.82, 2.24) is 0 Å². The van der Waals surface area contributed by atoms with Gasteiger partial charge in [0.2, 0.25) is 0 Å². The van der Waals surface area contributed by atoms with Crippen LogP contribution in [0.3, 0.4) is 0 Å². The summed E-state index contributed by atoms with van der Waals surface area (Å²) in [6.07, 6.45) is 22.6. The Kier molecular flexibility index (Phi) is 22.6. The van der Waals surface area contributed by atoms with Gasteiger partial charge in [0.25, 0.3) is 0 Å². The summed E-state index contributed by atoms with van der Waals surface area (Å²) in [5.74, 6) is -0.888. The predicted molar refractivity (Wildman–Crippen MR) is 145 cm³/mol. The van der Waals surface area contributed by atoms with Gasteiger partial charge < -0.3 is 14.9 Å². The van der Waals surface area contributed by atoms with E-state index in [-0.39, 0.29) is 5.48 Å². The molecule has 1 aliphatic carbocycles. The summed E-state index contributed by atoms with van der Waals surface area (Å²) in [5.41, 5.74) is 0.586. The fourth-order valence-corrected chi connectivity index (χ4v) is 4.15. The van der Waals surface area contributed by atoms with Gasteiger partial charge in [-0.25, -0.2) is 9.59 Å². The molecule has 35 heavy (non-hydrogen) atoms. The van der Waals surface area contributed by atoms with Gasteiger partial charge in [0, 0.05) is 0 Å². The molecule has 0 radical (unpaired) electrons. The van der Waals surface area contributed by atoms with Crippen molar-refractivity contribution in [2.45, 2.75) is 129 Å². The first kappa shape index (κ1) is 33.1. The van der Waals surface area contributed by atoms with Crippen LogP contribution in [0.1, 0.15) is 150 Å². The van der Waals surface area contributed by atoms with E-state index in [1.54, 1.807) is 24.3 Å². The van der Waals surface area contributed by atoms with Crippen molar-refractivity contribution < 1.29 is 24.5 Å². The van der Waals surface area contributed by atoms with Crippen molar-refractivity contribution in [2.75, 3.05) is 13.2 Å². The van der Waals surface area contributed by atoms with Crippen LogP contribution in [0, 0.1) is 0 Å². The zero-order valence-electron chi connectivity index (χ0n) is 22.6. The van der Waals surface area contributed by atoms with E-state index in [4.69, 9.17) is 9.47 Å². The maximum atomic E-state index is 12.4.